The Morgan fingerprint density at radius 1 is 0.921 bits per heavy atom. The fourth-order valence-electron chi connectivity index (χ4n) is 4.48. The molecule has 0 unspecified atom stereocenters. The quantitative estimate of drug-likeness (QED) is 0.247. The average molecular weight is 518 g/mol. The van der Waals surface area contributed by atoms with Gasteiger partial charge >= 0.3 is 0 Å². The molecular weight excluding hydrogens is 482 g/mol. The summed E-state index contributed by atoms with van der Waals surface area (Å²) in [5, 5.41) is 2.99. The highest BCUT2D eigenvalue weighted by Gasteiger charge is 2.18. The van der Waals surface area contributed by atoms with Gasteiger partial charge in [0.15, 0.2) is 11.5 Å². The zero-order chi connectivity index (χ0) is 27.1. The highest BCUT2D eigenvalue weighted by Crippen LogP contribution is 2.38. The van der Waals surface area contributed by atoms with Crippen LogP contribution in [0.3, 0.4) is 0 Å². The molecule has 0 saturated heterocycles. The molecule has 0 fully saturated rings. The summed E-state index contributed by atoms with van der Waals surface area (Å²) in [7, 11) is 4.57. The van der Waals surface area contributed by atoms with Gasteiger partial charge in [0.2, 0.25) is 5.75 Å². The number of imidazole rings is 1. The summed E-state index contributed by atoms with van der Waals surface area (Å²) in [4.78, 5) is 17.8. The Hall–Kier alpha value is -4.20. The standard InChI is InChI=1S/C30H35N3O5/c1-20(2)22-11-6-9-14-25(22)38-16-10-15-33-24-13-8-7-12-23(24)32-28(33)19-31-30(34)21-17-26(35-3)29(37-5)27(18-21)36-4/h6-9,11-14,17-18,20H,10,15-16,19H2,1-5H3,(H,31,34). The monoisotopic (exact) mass is 517 g/mol. The van der Waals surface area contributed by atoms with Gasteiger partial charge in [-0.25, -0.2) is 4.98 Å². The molecule has 0 spiro atoms. The van der Waals surface area contributed by atoms with Crippen molar-refractivity contribution in [3.05, 3.63) is 77.6 Å². The van der Waals surface area contributed by atoms with Crippen LogP contribution in [0, 0.1) is 0 Å². The van der Waals surface area contributed by atoms with Crippen molar-refractivity contribution < 1.29 is 23.7 Å². The van der Waals surface area contributed by atoms with Crippen molar-refractivity contribution in [3.8, 4) is 23.0 Å². The molecule has 8 nitrogen and oxygen atoms in total. The van der Waals surface area contributed by atoms with Crippen LogP contribution < -0.4 is 24.3 Å². The summed E-state index contributed by atoms with van der Waals surface area (Å²) < 4.78 is 24.4. The number of nitrogens with one attached hydrogen (secondary N) is 1. The van der Waals surface area contributed by atoms with Gasteiger partial charge in [-0.05, 0) is 48.2 Å². The van der Waals surface area contributed by atoms with Crippen molar-refractivity contribution in [2.75, 3.05) is 27.9 Å². The zero-order valence-corrected chi connectivity index (χ0v) is 22.6. The number of methoxy groups -OCH3 is 3. The van der Waals surface area contributed by atoms with Crippen LogP contribution in [0.15, 0.2) is 60.7 Å². The van der Waals surface area contributed by atoms with Crippen molar-refractivity contribution in [1.29, 1.82) is 0 Å². The van der Waals surface area contributed by atoms with Crippen LogP contribution in [0.1, 0.15) is 47.9 Å². The maximum Gasteiger partial charge on any atom is 0.251 e. The topological polar surface area (TPSA) is 83.8 Å². The van der Waals surface area contributed by atoms with Gasteiger partial charge in [-0.1, -0.05) is 44.2 Å². The molecule has 0 atom stereocenters. The van der Waals surface area contributed by atoms with Gasteiger partial charge in [-0.15, -0.1) is 0 Å². The number of para-hydroxylation sites is 3. The molecule has 4 rings (SSSR count). The predicted octanol–water partition coefficient (Wildman–Crippen LogP) is 5.58. The molecule has 200 valence electrons. The third-order valence-corrected chi connectivity index (χ3v) is 6.39. The Morgan fingerprint density at radius 2 is 1.61 bits per heavy atom. The maximum atomic E-state index is 13.1. The van der Waals surface area contributed by atoms with Crippen molar-refractivity contribution >= 4 is 16.9 Å². The largest absolute Gasteiger partial charge is 0.493 e. The molecule has 0 aliphatic rings. The van der Waals surface area contributed by atoms with E-state index < -0.39 is 0 Å². The number of carbonyl (C=O) groups excluding carboxylic acids is 1. The van der Waals surface area contributed by atoms with E-state index in [9.17, 15) is 4.79 Å². The summed E-state index contributed by atoms with van der Waals surface area (Å²) in [6, 6.07) is 19.4. The van der Waals surface area contributed by atoms with Gasteiger partial charge in [0.1, 0.15) is 11.6 Å². The lowest BCUT2D eigenvalue weighted by molar-refractivity contribution is 0.0948. The van der Waals surface area contributed by atoms with Crippen molar-refractivity contribution in [2.24, 2.45) is 0 Å². The van der Waals surface area contributed by atoms with Crippen molar-refractivity contribution in [2.45, 2.75) is 39.3 Å². The Bertz CT molecular complexity index is 1370. The molecule has 1 amide bonds. The minimum Gasteiger partial charge on any atom is -0.493 e. The number of hydrogen-bond donors (Lipinski definition) is 1. The minimum absolute atomic E-state index is 0.265. The first-order valence-electron chi connectivity index (χ1n) is 12.7. The van der Waals surface area contributed by atoms with E-state index in [0.29, 0.717) is 41.9 Å². The molecule has 0 bridgehead atoms. The minimum atomic E-state index is -0.267. The molecular formula is C30H35N3O5. The summed E-state index contributed by atoms with van der Waals surface area (Å²) in [6.07, 6.45) is 0.792. The normalized spacial score (nSPS) is 11.0. The number of aryl methyl sites for hydroxylation is 1. The van der Waals surface area contributed by atoms with Crippen LogP contribution in [0.2, 0.25) is 0 Å². The summed E-state index contributed by atoms with van der Waals surface area (Å²) >= 11 is 0. The molecule has 0 saturated carbocycles. The predicted molar refractivity (Wildman–Crippen MR) is 148 cm³/mol. The van der Waals surface area contributed by atoms with Crippen LogP contribution in [0.25, 0.3) is 11.0 Å². The lowest BCUT2D eigenvalue weighted by Crippen LogP contribution is -2.25. The second kappa shape index (κ2) is 12.4. The van der Waals surface area contributed by atoms with Gasteiger partial charge in [-0.3, -0.25) is 4.79 Å². The molecule has 0 aliphatic heterocycles. The van der Waals surface area contributed by atoms with E-state index in [0.717, 1.165) is 29.0 Å². The highest BCUT2D eigenvalue weighted by atomic mass is 16.5. The van der Waals surface area contributed by atoms with Crippen LogP contribution in [0.5, 0.6) is 23.0 Å². The molecule has 0 radical (unpaired) electrons. The molecule has 3 aromatic carbocycles. The summed E-state index contributed by atoms with van der Waals surface area (Å²) in [5.74, 6) is 3.10. The second-order valence-electron chi connectivity index (χ2n) is 9.16. The van der Waals surface area contributed by atoms with Gasteiger partial charge in [0, 0.05) is 12.1 Å². The lowest BCUT2D eigenvalue weighted by atomic mass is 10.0. The van der Waals surface area contributed by atoms with E-state index in [2.05, 4.69) is 29.8 Å². The Labute approximate surface area is 223 Å². The molecule has 8 heteroatoms. The smallest absolute Gasteiger partial charge is 0.251 e. The van der Waals surface area contributed by atoms with E-state index in [1.165, 1.54) is 26.9 Å². The zero-order valence-electron chi connectivity index (χ0n) is 22.6. The highest BCUT2D eigenvalue weighted by molar-refractivity contribution is 5.95. The van der Waals surface area contributed by atoms with Crippen LogP contribution in [-0.4, -0.2) is 43.4 Å². The van der Waals surface area contributed by atoms with Gasteiger partial charge in [0.25, 0.3) is 5.91 Å². The Kier molecular flexibility index (Phi) is 8.73. The van der Waals surface area contributed by atoms with Crippen LogP contribution in [-0.2, 0) is 13.1 Å². The first-order chi connectivity index (χ1) is 18.5. The SMILES string of the molecule is COc1cc(C(=O)NCc2nc3ccccc3n2CCCOc2ccccc2C(C)C)cc(OC)c1OC. The average Bonchev–Trinajstić information content (AvgIpc) is 3.30. The van der Waals surface area contributed by atoms with E-state index in [-0.39, 0.29) is 12.5 Å². The number of benzene rings is 3. The van der Waals surface area contributed by atoms with Gasteiger partial charge in [0.05, 0.1) is 45.5 Å². The fraction of sp³-hybridized carbons (Fsp3) is 0.333. The number of amides is 1. The summed E-state index contributed by atoms with van der Waals surface area (Å²) in [6.45, 7) is 5.88. The molecule has 0 aliphatic carbocycles. The Balaban J connectivity index is 1.47. The van der Waals surface area contributed by atoms with Crippen LogP contribution in [0.4, 0.5) is 0 Å². The fourth-order valence-corrected chi connectivity index (χ4v) is 4.48. The number of rotatable bonds is 12. The van der Waals surface area contributed by atoms with Crippen molar-refractivity contribution in [1.82, 2.24) is 14.9 Å². The maximum absolute atomic E-state index is 13.1. The number of fused-ring (bicyclic) bond motifs is 1. The molecule has 1 heterocycles. The number of hydrogen-bond acceptors (Lipinski definition) is 6. The molecule has 1 N–H and O–H groups in total. The van der Waals surface area contributed by atoms with Crippen LogP contribution >= 0.6 is 0 Å². The van der Waals surface area contributed by atoms with E-state index in [4.69, 9.17) is 23.9 Å². The Morgan fingerprint density at radius 3 is 2.29 bits per heavy atom. The van der Waals surface area contributed by atoms with E-state index in [1.54, 1.807) is 12.1 Å². The first kappa shape index (κ1) is 26.9. The second-order valence-corrected chi connectivity index (χ2v) is 9.16. The molecule has 1 aromatic heterocycles. The number of carbonyl (C=O) groups is 1. The number of aromatic nitrogens is 2. The van der Waals surface area contributed by atoms with E-state index >= 15 is 0 Å². The molecule has 38 heavy (non-hydrogen) atoms. The summed E-state index contributed by atoms with van der Waals surface area (Å²) in [5.41, 5.74) is 3.51. The van der Waals surface area contributed by atoms with Gasteiger partial charge in [-0.2, -0.15) is 0 Å². The first-order valence-corrected chi connectivity index (χ1v) is 12.7. The van der Waals surface area contributed by atoms with Crippen molar-refractivity contribution in [3.63, 3.8) is 0 Å². The number of nitrogens with zero attached hydrogens (tertiary/aromatic N) is 2. The third kappa shape index (κ3) is 5.85. The molecule has 4 aromatic rings. The van der Waals surface area contributed by atoms with Gasteiger partial charge < -0.3 is 28.8 Å². The number of ether oxygens (including phenoxy) is 4. The lowest BCUT2D eigenvalue weighted by Gasteiger charge is -2.15. The van der Waals surface area contributed by atoms with E-state index in [1.807, 2.05) is 42.5 Å². The third-order valence-electron chi connectivity index (χ3n) is 6.39.